The lowest BCUT2D eigenvalue weighted by Gasteiger charge is -2.24. The van der Waals surface area contributed by atoms with E-state index in [1.54, 1.807) is 11.8 Å². The van der Waals surface area contributed by atoms with Crippen LogP contribution < -0.4 is 5.32 Å². The molecule has 1 aliphatic rings. The molecular weight excluding hydrogens is 298 g/mol. The largest absolute Gasteiger partial charge is 0.325 e. The maximum absolute atomic E-state index is 12.6. The number of thioether (sulfide) groups is 2. The van der Waals surface area contributed by atoms with E-state index < -0.39 is 0 Å². The molecule has 2 nitrogen and oxygen atoms in total. The fraction of sp³-hybridized carbons (Fsp3) is 0.588. The summed E-state index contributed by atoms with van der Waals surface area (Å²) in [5, 5.41) is 3.33. The first-order valence-electron chi connectivity index (χ1n) is 7.63. The molecule has 1 heterocycles. The summed E-state index contributed by atoms with van der Waals surface area (Å²) in [5.74, 6) is 4.15. The molecule has 1 amide bonds. The highest BCUT2D eigenvalue weighted by molar-refractivity contribution is 8.07. The molecule has 1 unspecified atom stereocenters. The number of nitrogens with one attached hydrogen (secondary N) is 1. The molecule has 0 aliphatic carbocycles. The Hall–Kier alpha value is -0.610. The molecule has 1 N–H and O–H groups in total. The van der Waals surface area contributed by atoms with Crippen LogP contribution in [0.25, 0.3) is 0 Å². The van der Waals surface area contributed by atoms with Gasteiger partial charge in [0.1, 0.15) is 0 Å². The van der Waals surface area contributed by atoms with Crippen molar-refractivity contribution in [1.29, 1.82) is 0 Å². The van der Waals surface area contributed by atoms with Crippen LogP contribution in [0.3, 0.4) is 0 Å². The Bertz CT molecular complexity index is 467. The van der Waals surface area contributed by atoms with Gasteiger partial charge in [-0.15, -0.1) is 11.8 Å². The molecule has 4 heteroatoms. The number of rotatable bonds is 4. The number of anilines is 1. The number of amides is 1. The lowest BCUT2D eigenvalue weighted by molar-refractivity contribution is -0.115. The van der Waals surface area contributed by atoms with Gasteiger partial charge in [0.05, 0.1) is 5.25 Å². The first-order chi connectivity index (χ1) is 10.0. The number of para-hydroxylation sites is 1. The van der Waals surface area contributed by atoms with Gasteiger partial charge in [-0.1, -0.05) is 45.9 Å². The third-order valence-electron chi connectivity index (χ3n) is 3.73. The van der Waals surface area contributed by atoms with Crippen molar-refractivity contribution in [2.75, 3.05) is 22.6 Å². The zero-order chi connectivity index (χ0) is 15.4. The normalized spacial score (nSPS) is 19.0. The van der Waals surface area contributed by atoms with Crippen molar-refractivity contribution >= 4 is 35.1 Å². The average molecular weight is 324 g/mol. The van der Waals surface area contributed by atoms with E-state index in [4.69, 9.17) is 0 Å². The highest BCUT2D eigenvalue weighted by Crippen LogP contribution is 2.33. The van der Waals surface area contributed by atoms with E-state index in [0.29, 0.717) is 11.8 Å². The molecular formula is C17H25NOS2. The summed E-state index contributed by atoms with van der Waals surface area (Å²) < 4.78 is 0. The Morgan fingerprint density at radius 1 is 1.14 bits per heavy atom. The van der Waals surface area contributed by atoms with Gasteiger partial charge in [0, 0.05) is 22.9 Å². The number of hydrogen-bond donors (Lipinski definition) is 1. The van der Waals surface area contributed by atoms with Crippen molar-refractivity contribution in [3.8, 4) is 0 Å². The van der Waals surface area contributed by atoms with Gasteiger partial charge in [-0.2, -0.15) is 11.8 Å². The Balaban J connectivity index is 2.26. The predicted octanol–water partition coefficient (Wildman–Crippen LogP) is 4.72. The third kappa shape index (κ3) is 4.19. The molecule has 1 fully saturated rings. The molecule has 1 atom stereocenters. The van der Waals surface area contributed by atoms with Gasteiger partial charge in [-0.25, -0.2) is 0 Å². The van der Waals surface area contributed by atoms with E-state index >= 15 is 0 Å². The van der Waals surface area contributed by atoms with Crippen LogP contribution in [0, 0.1) is 0 Å². The van der Waals surface area contributed by atoms with E-state index in [2.05, 4.69) is 51.2 Å². The smallest absolute Gasteiger partial charge is 0.238 e. The molecule has 21 heavy (non-hydrogen) atoms. The van der Waals surface area contributed by atoms with E-state index in [0.717, 1.165) is 22.9 Å². The molecule has 1 aromatic rings. The summed E-state index contributed by atoms with van der Waals surface area (Å²) in [6, 6.07) is 6.37. The van der Waals surface area contributed by atoms with Gasteiger partial charge >= 0.3 is 0 Å². The lowest BCUT2D eigenvalue weighted by Crippen LogP contribution is -2.31. The second-order valence-electron chi connectivity index (χ2n) is 6.04. The van der Waals surface area contributed by atoms with Gasteiger partial charge in [0.2, 0.25) is 5.91 Å². The highest BCUT2D eigenvalue weighted by Gasteiger charge is 2.24. The minimum Gasteiger partial charge on any atom is -0.325 e. The van der Waals surface area contributed by atoms with Crippen molar-refractivity contribution in [3.05, 3.63) is 29.3 Å². The SMILES string of the molecule is CC(C)c1cccc(C(C)C)c1NC(=O)C1CSCCS1. The Morgan fingerprint density at radius 2 is 1.76 bits per heavy atom. The second-order valence-corrected chi connectivity index (χ2v) is 8.50. The van der Waals surface area contributed by atoms with Crippen molar-refractivity contribution in [1.82, 2.24) is 0 Å². The quantitative estimate of drug-likeness (QED) is 0.869. The second kappa shape index (κ2) is 7.59. The highest BCUT2D eigenvalue weighted by atomic mass is 32.2. The third-order valence-corrected chi connectivity index (χ3v) is 6.48. The van der Waals surface area contributed by atoms with E-state index in [1.165, 1.54) is 11.1 Å². The van der Waals surface area contributed by atoms with Crippen LogP contribution >= 0.6 is 23.5 Å². The van der Waals surface area contributed by atoms with Crippen LogP contribution in [0.4, 0.5) is 5.69 Å². The standard InChI is InChI=1S/C17H25NOS2/c1-11(2)13-6-5-7-14(12(3)4)16(13)18-17(19)15-10-20-8-9-21-15/h5-7,11-12,15H,8-10H2,1-4H3,(H,18,19). The van der Waals surface area contributed by atoms with Gasteiger partial charge in [-0.3, -0.25) is 4.79 Å². The van der Waals surface area contributed by atoms with Gasteiger partial charge in [-0.05, 0) is 23.0 Å². The molecule has 116 valence electrons. The Labute approximate surface area is 136 Å². The zero-order valence-electron chi connectivity index (χ0n) is 13.3. The molecule has 0 bridgehead atoms. The minimum atomic E-state index is 0.0870. The predicted molar refractivity (Wildman–Crippen MR) is 96.8 cm³/mol. The summed E-state index contributed by atoms with van der Waals surface area (Å²) in [6.07, 6.45) is 0. The molecule has 0 radical (unpaired) electrons. The van der Waals surface area contributed by atoms with E-state index in [1.807, 2.05) is 11.8 Å². The minimum absolute atomic E-state index is 0.0870. The number of benzene rings is 1. The molecule has 0 saturated carbocycles. The molecule has 0 spiro atoms. The number of carbonyl (C=O) groups excluding carboxylic acids is 1. The van der Waals surface area contributed by atoms with Crippen molar-refractivity contribution in [2.24, 2.45) is 0 Å². The van der Waals surface area contributed by atoms with Gasteiger partial charge in [0.15, 0.2) is 0 Å². The van der Waals surface area contributed by atoms with E-state index in [9.17, 15) is 4.79 Å². The van der Waals surface area contributed by atoms with Gasteiger partial charge in [0.25, 0.3) is 0 Å². The number of hydrogen-bond acceptors (Lipinski definition) is 3. The zero-order valence-corrected chi connectivity index (χ0v) is 14.9. The topological polar surface area (TPSA) is 29.1 Å². The first-order valence-corrected chi connectivity index (χ1v) is 9.84. The maximum Gasteiger partial charge on any atom is 0.238 e. The molecule has 0 aromatic heterocycles. The fourth-order valence-corrected chi connectivity index (χ4v) is 5.10. The summed E-state index contributed by atoms with van der Waals surface area (Å²) in [4.78, 5) is 12.6. The van der Waals surface area contributed by atoms with Crippen molar-refractivity contribution < 1.29 is 4.79 Å². The Kier molecular flexibility index (Phi) is 6.06. The van der Waals surface area contributed by atoms with Crippen LogP contribution in [0.15, 0.2) is 18.2 Å². The number of carbonyl (C=O) groups is 1. The van der Waals surface area contributed by atoms with Crippen LogP contribution in [0.2, 0.25) is 0 Å². The van der Waals surface area contributed by atoms with Crippen LogP contribution in [0.1, 0.15) is 50.7 Å². The lowest BCUT2D eigenvalue weighted by atomic mass is 9.92. The molecule has 1 aromatic carbocycles. The molecule has 1 saturated heterocycles. The molecule has 2 rings (SSSR count). The van der Waals surface area contributed by atoms with Crippen LogP contribution in [0.5, 0.6) is 0 Å². The molecule has 1 aliphatic heterocycles. The fourth-order valence-electron chi connectivity index (χ4n) is 2.54. The van der Waals surface area contributed by atoms with E-state index in [-0.39, 0.29) is 11.2 Å². The monoisotopic (exact) mass is 323 g/mol. The maximum atomic E-state index is 12.6. The van der Waals surface area contributed by atoms with Gasteiger partial charge < -0.3 is 5.32 Å². The van der Waals surface area contributed by atoms with Crippen LogP contribution in [-0.2, 0) is 4.79 Å². The summed E-state index contributed by atoms with van der Waals surface area (Å²) in [6.45, 7) is 8.72. The summed E-state index contributed by atoms with van der Waals surface area (Å²) in [7, 11) is 0. The Morgan fingerprint density at radius 3 is 2.24 bits per heavy atom. The summed E-state index contributed by atoms with van der Waals surface area (Å²) in [5.41, 5.74) is 3.52. The van der Waals surface area contributed by atoms with Crippen molar-refractivity contribution in [2.45, 2.75) is 44.8 Å². The van der Waals surface area contributed by atoms with Crippen LogP contribution in [-0.4, -0.2) is 28.4 Å². The average Bonchev–Trinajstić information content (AvgIpc) is 2.47. The van der Waals surface area contributed by atoms with Crippen molar-refractivity contribution in [3.63, 3.8) is 0 Å². The summed E-state index contributed by atoms with van der Waals surface area (Å²) >= 11 is 3.67. The first kappa shape index (κ1) is 16.8.